The van der Waals surface area contributed by atoms with Gasteiger partial charge in [-0.25, -0.2) is 0 Å². The van der Waals surface area contributed by atoms with E-state index in [4.69, 9.17) is 0 Å². The molecule has 0 aromatic heterocycles. The first-order valence-electron chi connectivity index (χ1n) is 10.5. The van der Waals surface area contributed by atoms with Crippen LogP contribution in [0.1, 0.15) is 35.4 Å². The summed E-state index contributed by atoms with van der Waals surface area (Å²) in [5.41, 5.74) is 8.48. The average Bonchev–Trinajstić information content (AvgIpc) is 3.73. The fourth-order valence-electron chi connectivity index (χ4n) is 4.71. The highest BCUT2D eigenvalue weighted by Gasteiger charge is 2.60. The van der Waals surface area contributed by atoms with Gasteiger partial charge in [0.2, 0.25) is 11.8 Å². The lowest BCUT2D eigenvalue weighted by Crippen LogP contribution is -2.44. The third kappa shape index (κ3) is 3.28. The van der Waals surface area contributed by atoms with Gasteiger partial charge >= 0.3 is 0 Å². The molecule has 3 aromatic rings. The quantitative estimate of drug-likeness (QED) is 0.642. The Kier molecular flexibility index (Phi) is 4.62. The molecule has 0 bridgehead atoms. The lowest BCUT2D eigenvalue weighted by molar-refractivity contribution is -0.130. The number of hydrazine groups is 1. The summed E-state index contributed by atoms with van der Waals surface area (Å²) in [5, 5.41) is 0. The molecule has 2 saturated carbocycles. The van der Waals surface area contributed by atoms with Gasteiger partial charge in [-0.05, 0) is 35.4 Å². The molecule has 150 valence electrons. The molecule has 0 heterocycles. The van der Waals surface area contributed by atoms with E-state index in [1.807, 2.05) is 54.6 Å². The van der Waals surface area contributed by atoms with Gasteiger partial charge in [-0.3, -0.25) is 20.4 Å². The van der Waals surface area contributed by atoms with Gasteiger partial charge < -0.3 is 0 Å². The molecular weight excluding hydrogens is 372 g/mol. The molecular formula is C26H24N2O2. The Morgan fingerprint density at radius 2 is 1.20 bits per heavy atom. The molecule has 3 aromatic carbocycles. The van der Waals surface area contributed by atoms with Crippen molar-refractivity contribution in [3.05, 3.63) is 108 Å². The number of amides is 2. The van der Waals surface area contributed by atoms with Crippen molar-refractivity contribution in [3.63, 3.8) is 0 Å². The molecule has 4 heteroatoms. The molecule has 5 rings (SSSR count). The van der Waals surface area contributed by atoms with Crippen LogP contribution in [0.5, 0.6) is 0 Å². The van der Waals surface area contributed by atoms with Gasteiger partial charge in [-0.1, -0.05) is 91.0 Å². The zero-order valence-corrected chi connectivity index (χ0v) is 16.6. The average molecular weight is 396 g/mol. The third-order valence-electron chi connectivity index (χ3n) is 6.52. The van der Waals surface area contributed by atoms with E-state index in [0.29, 0.717) is 0 Å². The summed E-state index contributed by atoms with van der Waals surface area (Å²) < 4.78 is 0. The van der Waals surface area contributed by atoms with Crippen LogP contribution in [0.4, 0.5) is 0 Å². The standard InChI is InChI=1S/C26H24N2O2/c29-24(22-16-21(22)18-10-4-1-5-11-18)27-28-25(30)23-17-26(23,19-12-6-2-7-13-19)20-14-8-3-9-15-20/h1-15,21-23H,16-17H2,(H,27,29)(H,28,30)/t21-,22+,23+/m1/s1. The lowest BCUT2D eigenvalue weighted by atomic mass is 9.85. The minimum atomic E-state index is -0.330. The van der Waals surface area contributed by atoms with Crippen molar-refractivity contribution in [2.75, 3.05) is 0 Å². The summed E-state index contributed by atoms with van der Waals surface area (Å²) >= 11 is 0. The highest BCUT2D eigenvalue weighted by atomic mass is 16.2. The van der Waals surface area contributed by atoms with Crippen LogP contribution in [0.3, 0.4) is 0 Å². The van der Waals surface area contributed by atoms with Gasteiger partial charge in [0.25, 0.3) is 0 Å². The zero-order chi connectivity index (χ0) is 20.6. The Morgan fingerprint density at radius 1 is 0.700 bits per heavy atom. The number of rotatable bonds is 5. The molecule has 30 heavy (non-hydrogen) atoms. The smallest absolute Gasteiger partial charge is 0.242 e. The fraction of sp³-hybridized carbons (Fsp3) is 0.231. The molecule has 0 aliphatic heterocycles. The summed E-state index contributed by atoms with van der Waals surface area (Å²) in [6.07, 6.45) is 1.56. The van der Waals surface area contributed by atoms with Crippen molar-refractivity contribution < 1.29 is 9.59 Å². The van der Waals surface area contributed by atoms with E-state index >= 15 is 0 Å². The topological polar surface area (TPSA) is 58.2 Å². The maximum Gasteiger partial charge on any atom is 0.242 e. The molecule has 0 saturated heterocycles. The molecule has 0 unspecified atom stereocenters. The Labute approximate surface area is 176 Å². The normalized spacial score (nSPS) is 23.3. The van der Waals surface area contributed by atoms with Gasteiger partial charge in [0, 0.05) is 11.3 Å². The first-order valence-corrected chi connectivity index (χ1v) is 10.5. The van der Waals surface area contributed by atoms with Gasteiger partial charge in [-0.2, -0.15) is 0 Å². The number of benzene rings is 3. The van der Waals surface area contributed by atoms with Crippen LogP contribution in [-0.2, 0) is 15.0 Å². The second-order valence-electron chi connectivity index (χ2n) is 8.30. The van der Waals surface area contributed by atoms with Gasteiger partial charge in [0.15, 0.2) is 0 Å². The van der Waals surface area contributed by atoms with Crippen molar-refractivity contribution >= 4 is 11.8 Å². The number of carbonyl (C=O) groups excluding carboxylic acids is 2. The van der Waals surface area contributed by atoms with Crippen molar-refractivity contribution in [1.82, 2.24) is 10.9 Å². The summed E-state index contributed by atoms with van der Waals surface area (Å²) in [6, 6.07) is 30.4. The van der Waals surface area contributed by atoms with Crippen LogP contribution >= 0.6 is 0 Å². The summed E-state index contributed by atoms with van der Waals surface area (Å²) in [4.78, 5) is 25.5. The van der Waals surface area contributed by atoms with Crippen molar-refractivity contribution in [1.29, 1.82) is 0 Å². The second kappa shape index (κ2) is 7.45. The number of carbonyl (C=O) groups is 2. The number of hydrogen-bond donors (Lipinski definition) is 2. The van der Waals surface area contributed by atoms with Crippen molar-refractivity contribution in [2.24, 2.45) is 11.8 Å². The van der Waals surface area contributed by atoms with Gasteiger partial charge in [0.1, 0.15) is 0 Å². The van der Waals surface area contributed by atoms with Crippen molar-refractivity contribution in [3.8, 4) is 0 Å². The van der Waals surface area contributed by atoms with E-state index < -0.39 is 0 Å². The molecule has 2 aliphatic rings. The highest BCUT2D eigenvalue weighted by molar-refractivity contribution is 5.89. The van der Waals surface area contributed by atoms with E-state index in [9.17, 15) is 9.59 Å². The van der Waals surface area contributed by atoms with Crippen LogP contribution in [-0.4, -0.2) is 11.8 Å². The van der Waals surface area contributed by atoms with E-state index in [0.717, 1.165) is 24.0 Å². The van der Waals surface area contributed by atoms with Crippen LogP contribution in [0.25, 0.3) is 0 Å². The Bertz CT molecular complexity index is 1010. The zero-order valence-electron chi connectivity index (χ0n) is 16.6. The van der Waals surface area contributed by atoms with E-state index in [1.165, 1.54) is 5.56 Å². The predicted octanol–water partition coefficient (Wildman–Crippen LogP) is 3.94. The van der Waals surface area contributed by atoms with Crippen molar-refractivity contribution in [2.45, 2.75) is 24.2 Å². The van der Waals surface area contributed by atoms with Crippen LogP contribution in [0.2, 0.25) is 0 Å². The number of nitrogens with one attached hydrogen (secondary N) is 2. The van der Waals surface area contributed by atoms with E-state index in [1.54, 1.807) is 0 Å². The molecule has 0 spiro atoms. The van der Waals surface area contributed by atoms with Crippen LogP contribution < -0.4 is 10.9 Å². The SMILES string of the molecule is O=C(NNC(=O)[C@@H]1CC1(c1ccccc1)c1ccccc1)[C@H]1C[C@@H]1c1ccccc1. The monoisotopic (exact) mass is 396 g/mol. The molecule has 2 N–H and O–H groups in total. The summed E-state index contributed by atoms with van der Waals surface area (Å²) in [7, 11) is 0. The molecule has 2 fully saturated rings. The third-order valence-corrected chi connectivity index (χ3v) is 6.52. The number of hydrogen-bond acceptors (Lipinski definition) is 2. The Hall–Kier alpha value is -3.40. The first-order chi connectivity index (χ1) is 14.7. The minimum Gasteiger partial charge on any atom is -0.273 e. The second-order valence-corrected chi connectivity index (χ2v) is 8.30. The Morgan fingerprint density at radius 3 is 1.77 bits per heavy atom. The summed E-state index contributed by atoms with van der Waals surface area (Å²) in [5.74, 6) is -0.265. The first kappa shape index (κ1) is 18.6. The predicted molar refractivity (Wildman–Crippen MR) is 115 cm³/mol. The maximum absolute atomic E-state index is 12.9. The Balaban J connectivity index is 1.25. The molecule has 3 atom stereocenters. The van der Waals surface area contributed by atoms with Crippen LogP contribution in [0, 0.1) is 11.8 Å². The maximum atomic E-state index is 12.9. The minimum absolute atomic E-state index is 0.0695. The van der Waals surface area contributed by atoms with E-state index in [-0.39, 0.29) is 35.0 Å². The highest BCUT2D eigenvalue weighted by Crippen LogP contribution is 2.58. The molecule has 4 nitrogen and oxygen atoms in total. The fourth-order valence-corrected chi connectivity index (χ4v) is 4.71. The van der Waals surface area contributed by atoms with Gasteiger partial charge in [0.05, 0.1) is 5.92 Å². The molecule has 0 radical (unpaired) electrons. The lowest BCUT2D eigenvalue weighted by Gasteiger charge is -2.19. The molecule has 2 aliphatic carbocycles. The molecule has 2 amide bonds. The van der Waals surface area contributed by atoms with Crippen LogP contribution in [0.15, 0.2) is 91.0 Å². The summed E-state index contributed by atoms with van der Waals surface area (Å²) in [6.45, 7) is 0. The largest absolute Gasteiger partial charge is 0.273 e. The van der Waals surface area contributed by atoms with Gasteiger partial charge in [-0.15, -0.1) is 0 Å². The van der Waals surface area contributed by atoms with E-state index in [2.05, 4.69) is 47.2 Å².